The highest BCUT2D eigenvalue weighted by atomic mass is 28.4. The fraction of sp³-hybridized carbons (Fsp3) is 0.800. The average Bonchev–Trinajstić information content (AvgIpc) is 2.57. The molecule has 0 aromatic rings. The highest BCUT2D eigenvalue weighted by Gasteiger charge is 2.59. The number of carboxylic acids is 1. The number of esters is 1. The van der Waals surface area contributed by atoms with Crippen molar-refractivity contribution in [3.63, 3.8) is 0 Å². The third-order valence-corrected chi connectivity index (χ3v) is 25.0. The molecule has 0 rings (SSSR count). The first-order valence-corrected chi connectivity index (χ1v) is 25.6. The molecule has 7 nitrogen and oxygen atoms in total. The van der Waals surface area contributed by atoms with Crippen LogP contribution in [-0.4, -0.2) is 76.1 Å². The summed E-state index contributed by atoms with van der Waals surface area (Å²) in [5, 5.41) is 8.58. The maximum absolute atomic E-state index is 13.0. The molecule has 0 aliphatic heterocycles. The number of carbonyl (C=O) groups excluding carboxylic acids is 1. The van der Waals surface area contributed by atoms with Crippen molar-refractivity contribution in [2.75, 3.05) is 0 Å². The van der Waals surface area contributed by atoms with Gasteiger partial charge >= 0.3 is 11.9 Å². The summed E-state index contributed by atoms with van der Waals surface area (Å²) in [6.45, 7) is 28.1. The predicted molar refractivity (Wildman–Crippen MR) is 152 cm³/mol. The maximum Gasteiger partial charge on any atom is 0.331 e. The van der Waals surface area contributed by atoms with Crippen LogP contribution >= 0.6 is 0 Å². The largest absolute Gasteiger partial charge is 0.478 e. The van der Waals surface area contributed by atoms with Gasteiger partial charge in [-0.25, -0.2) is 9.59 Å². The van der Waals surface area contributed by atoms with Gasteiger partial charge in [-0.3, -0.25) is 0 Å². The molecule has 1 atom stereocenters. The molecule has 0 amide bonds. The molecule has 0 saturated carbocycles. The monoisotopic (exact) mass is 568 g/mol. The van der Waals surface area contributed by atoms with Gasteiger partial charge in [0.25, 0.3) is 0 Å². The summed E-state index contributed by atoms with van der Waals surface area (Å²) in [4.78, 5) is 23.1. The summed E-state index contributed by atoms with van der Waals surface area (Å²) < 4.78 is 26.1. The number of hydrogen-bond donors (Lipinski definition) is 1. The van der Waals surface area contributed by atoms with Gasteiger partial charge in [-0.15, -0.1) is 0 Å². The number of hydrogen-bond acceptors (Lipinski definition) is 6. The molecule has 1 N–H and O–H groups in total. The lowest BCUT2D eigenvalue weighted by Gasteiger charge is -2.55. The first-order chi connectivity index (χ1) is 14.4. The molecule has 194 valence electrons. The molecule has 0 aliphatic carbocycles. The summed E-state index contributed by atoms with van der Waals surface area (Å²) in [5.41, 5.74) is -0.235. The summed E-state index contributed by atoms with van der Waals surface area (Å²) in [5.74, 6) is -1.83. The molecule has 0 aliphatic rings. The van der Waals surface area contributed by atoms with Crippen molar-refractivity contribution in [2.45, 2.75) is 96.5 Å². The Kier molecular flexibility index (Phi) is 11.7. The van der Waals surface area contributed by atoms with E-state index in [1.807, 2.05) is 0 Å². The molecule has 0 aromatic heterocycles. The SMILES string of the molecule is CC(C)(C)C(C)([SiH2]O[Si](C)(C)C)C(OC(=O)C=CC(=O)O)([SiH2]O[Si](C)(C)C)[SiH2]O[Si](C)(C)C. The van der Waals surface area contributed by atoms with Crippen molar-refractivity contribution in [2.24, 2.45) is 5.41 Å². The van der Waals surface area contributed by atoms with Gasteiger partial charge in [-0.1, -0.05) is 27.7 Å². The van der Waals surface area contributed by atoms with Gasteiger partial charge < -0.3 is 22.2 Å². The van der Waals surface area contributed by atoms with E-state index in [2.05, 4.69) is 86.6 Å². The molecule has 13 heteroatoms. The summed E-state index contributed by atoms with van der Waals surface area (Å²) >= 11 is 0. The molecule has 0 saturated heterocycles. The predicted octanol–water partition coefficient (Wildman–Crippen LogP) is 2.85. The van der Waals surface area contributed by atoms with E-state index in [1.54, 1.807) is 0 Å². The average molecular weight is 569 g/mol. The van der Waals surface area contributed by atoms with Gasteiger partial charge in [-0.05, 0) is 64.3 Å². The van der Waals surface area contributed by atoms with E-state index in [1.165, 1.54) is 0 Å². The second-order valence-corrected chi connectivity index (χ2v) is 34.6. The second-order valence-electron chi connectivity index (χ2n) is 12.9. The second kappa shape index (κ2) is 11.7. The number of carboxylic acid groups (broad SMARTS) is 1. The van der Waals surface area contributed by atoms with Crippen LogP contribution in [0.25, 0.3) is 0 Å². The summed E-state index contributed by atoms with van der Waals surface area (Å²) in [6, 6.07) is 0. The Hall–Kier alpha value is -0.139. The molecule has 0 aromatic carbocycles. The standard InChI is InChI=1S/C20H48O7Si6/c1-18(2,3)19(4,28-25-31(5,6)7)20(29-26-32(8,9)10,30-27-33(11,12)13)24-17(23)15-14-16(21)22/h14-15H,28-30H2,1-13H3,(H,21,22). The van der Waals surface area contributed by atoms with Crippen LogP contribution in [0.5, 0.6) is 0 Å². The number of aliphatic carboxylic acids is 1. The van der Waals surface area contributed by atoms with Crippen LogP contribution in [0, 0.1) is 5.41 Å². The topological polar surface area (TPSA) is 91.3 Å². The molecule has 0 heterocycles. The van der Waals surface area contributed by atoms with Crippen molar-refractivity contribution < 1.29 is 31.8 Å². The third kappa shape index (κ3) is 11.9. The first kappa shape index (κ1) is 32.9. The van der Waals surface area contributed by atoms with Crippen molar-refractivity contribution in [1.82, 2.24) is 0 Å². The van der Waals surface area contributed by atoms with Gasteiger partial charge in [-0.2, -0.15) is 0 Å². The Morgan fingerprint density at radius 1 is 0.697 bits per heavy atom. The lowest BCUT2D eigenvalue weighted by Crippen LogP contribution is -2.65. The Labute approximate surface area is 211 Å². The number of carbonyl (C=O) groups is 2. The van der Waals surface area contributed by atoms with Crippen LogP contribution in [0.2, 0.25) is 64.0 Å². The number of ether oxygens (including phenoxy) is 1. The molecule has 0 radical (unpaired) electrons. The summed E-state index contributed by atoms with van der Waals surface area (Å²) in [6.07, 6.45) is 1.84. The molecular formula is C20H48O7Si6. The lowest BCUT2D eigenvalue weighted by molar-refractivity contribution is -0.146. The van der Waals surface area contributed by atoms with Crippen molar-refractivity contribution in [1.29, 1.82) is 0 Å². The Bertz CT molecular complexity index is 684. The molecule has 33 heavy (non-hydrogen) atoms. The minimum absolute atomic E-state index is 0.235. The van der Waals surface area contributed by atoms with Crippen LogP contribution in [-0.2, 0) is 26.7 Å². The van der Waals surface area contributed by atoms with Crippen LogP contribution in [0.15, 0.2) is 12.2 Å². The molecule has 0 fully saturated rings. The molecular weight excluding hydrogens is 521 g/mol. The third-order valence-electron chi connectivity index (χ3n) is 5.59. The van der Waals surface area contributed by atoms with E-state index in [0.717, 1.165) is 12.2 Å². The van der Waals surface area contributed by atoms with Crippen molar-refractivity contribution in [3.05, 3.63) is 12.2 Å². The van der Waals surface area contributed by atoms with Gasteiger partial charge in [0.05, 0.1) is 0 Å². The Balaban J connectivity index is 6.80. The van der Waals surface area contributed by atoms with E-state index in [0.29, 0.717) is 0 Å². The minimum Gasteiger partial charge on any atom is -0.478 e. The highest BCUT2D eigenvalue weighted by Crippen LogP contribution is 2.54. The van der Waals surface area contributed by atoms with Crippen LogP contribution < -0.4 is 0 Å². The maximum atomic E-state index is 13.0. The molecule has 1 unspecified atom stereocenters. The smallest absolute Gasteiger partial charge is 0.331 e. The van der Waals surface area contributed by atoms with Crippen molar-refractivity contribution in [3.8, 4) is 0 Å². The van der Waals surface area contributed by atoms with E-state index in [9.17, 15) is 9.59 Å². The van der Waals surface area contributed by atoms with Gasteiger partial charge in [0.2, 0.25) is 0 Å². The Morgan fingerprint density at radius 2 is 1.06 bits per heavy atom. The van der Waals surface area contributed by atoms with E-state index >= 15 is 0 Å². The highest BCUT2D eigenvalue weighted by molar-refractivity contribution is 6.80. The summed E-state index contributed by atoms with van der Waals surface area (Å²) in [7, 11) is -9.66. The van der Waals surface area contributed by atoms with Crippen LogP contribution in [0.1, 0.15) is 27.7 Å². The van der Waals surface area contributed by atoms with Gasteiger partial charge in [0, 0.05) is 17.2 Å². The fourth-order valence-corrected chi connectivity index (χ4v) is 17.4. The van der Waals surface area contributed by atoms with Gasteiger partial charge in [0.15, 0.2) is 54.2 Å². The normalized spacial score (nSPS) is 18.6. The number of rotatable bonds is 13. The zero-order valence-electron chi connectivity index (χ0n) is 23.2. The lowest BCUT2D eigenvalue weighted by atomic mass is 9.80. The Morgan fingerprint density at radius 3 is 1.36 bits per heavy atom. The quantitative estimate of drug-likeness (QED) is 0.207. The van der Waals surface area contributed by atoms with E-state index < -0.39 is 76.1 Å². The van der Waals surface area contributed by atoms with E-state index in [4.69, 9.17) is 22.2 Å². The molecule has 0 spiro atoms. The zero-order valence-corrected chi connectivity index (χ0v) is 30.4. The van der Waals surface area contributed by atoms with Gasteiger partial charge in [0.1, 0.15) is 4.85 Å². The first-order valence-electron chi connectivity index (χ1n) is 11.5. The zero-order chi connectivity index (χ0) is 26.5. The minimum atomic E-state index is -1.91. The van der Waals surface area contributed by atoms with E-state index in [-0.39, 0.29) is 5.41 Å². The molecule has 0 bridgehead atoms. The van der Waals surface area contributed by atoms with Crippen LogP contribution in [0.4, 0.5) is 0 Å². The fourth-order valence-electron chi connectivity index (χ4n) is 2.96. The van der Waals surface area contributed by atoms with Crippen molar-refractivity contribution >= 4 is 66.2 Å². The van der Waals surface area contributed by atoms with Crippen LogP contribution in [0.3, 0.4) is 0 Å².